The van der Waals surface area contributed by atoms with E-state index in [2.05, 4.69) is 18.0 Å². The van der Waals surface area contributed by atoms with Crippen molar-refractivity contribution in [1.29, 1.82) is 0 Å². The van der Waals surface area contributed by atoms with Crippen molar-refractivity contribution < 1.29 is 0 Å². The molecule has 0 bridgehead atoms. The zero-order valence-electron chi connectivity index (χ0n) is 9.05. The van der Waals surface area contributed by atoms with Crippen LogP contribution in [0.4, 0.5) is 0 Å². The van der Waals surface area contributed by atoms with Crippen molar-refractivity contribution in [1.82, 2.24) is 4.98 Å². The van der Waals surface area contributed by atoms with Crippen molar-refractivity contribution in [2.45, 2.75) is 51.9 Å². The molecule has 76 valence electrons. The zero-order valence-corrected chi connectivity index (χ0v) is 9.05. The van der Waals surface area contributed by atoms with Crippen LogP contribution < -0.4 is 0 Å². The Morgan fingerprint density at radius 2 is 1.71 bits per heavy atom. The van der Waals surface area contributed by atoms with E-state index >= 15 is 0 Å². The van der Waals surface area contributed by atoms with Crippen molar-refractivity contribution >= 4 is 0 Å². The second kappa shape index (κ2) is 4.59. The molecule has 1 heteroatoms. The van der Waals surface area contributed by atoms with Crippen LogP contribution >= 0.6 is 0 Å². The lowest BCUT2D eigenvalue weighted by Crippen LogP contribution is -1.98. The average molecular weight is 189 g/mol. The van der Waals surface area contributed by atoms with Gasteiger partial charge in [0, 0.05) is 11.9 Å². The molecule has 0 aliphatic heterocycles. The molecule has 0 aromatic carbocycles. The average Bonchev–Trinajstić information content (AvgIpc) is 2.29. The minimum absolute atomic E-state index is 1.19. The van der Waals surface area contributed by atoms with E-state index in [9.17, 15) is 0 Å². The second-order valence-electron chi connectivity index (χ2n) is 4.39. The number of aromatic nitrogens is 1. The Hall–Kier alpha value is -0.850. The van der Waals surface area contributed by atoms with Crippen LogP contribution in [0.25, 0.3) is 0 Å². The molecule has 1 aromatic heterocycles. The predicted octanol–water partition coefficient (Wildman–Crippen LogP) is 3.44. The van der Waals surface area contributed by atoms with Gasteiger partial charge in [-0.25, -0.2) is 0 Å². The zero-order chi connectivity index (χ0) is 9.80. The van der Waals surface area contributed by atoms with Crippen LogP contribution in [-0.4, -0.2) is 4.98 Å². The van der Waals surface area contributed by atoms with Crippen molar-refractivity contribution in [2.24, 2.45) is 0 Å². The standard InChI is InChI=1S/C13H19N/c1-11-9-12-7-5-3-2-4-6-8-13(12)14-10-11/h9-10H,2-8H2,1H3. The van der Waals surface area contributed by atoms with Gasteiger partial charge in [-0.05, 0) is 43.7 Å². The number of hydrogen-bond donors (Lipinski definition) is 0. The van der Waals surface area contributed by atoms with Gasteiger partial charge >= 0.3 is 0 Å². The summed E-state index contributed by atoms with van der Waals surface area (Å²) in [5.41, 5.74) is 4.17. The first kappa shape index (κ1) is 9.70. The third-order valence-electron chi connectivity index (χ3n) is 3.06. The van der Waals surface area contributed by atoms with Crippen molar-refractivity contribution in [3.05, 3.63) is 29.1 Å². The number of rotatable bonds is 0. The molecule has 0 spiro atoms. The number of aryl methyl sites for hydroxylation is 3. The summed E-state index contributed by atoms with van der Waals surface area (Å²) in [4.78, 5) is 4.56. The second-order valence-corrected chi connectivity index (χ2v) is 4.39. The maximum absolute atomic E-state index is 4.56. The fourth-order valence-corrected chi connectivity index (χ4v) is 2.24. The SMILES string of the molecule is Cc1cnc2c(c1)CCCCCCC2. The summed E-state index contributed by atoms with van der Waals surface area (Å²) < 4.78 is 0. The Kier molecular flexibility index (Phi) is 3.18. The van der Waals surface area contributed by atoms with Gasteiger partial charge in [-0.3, -0.25) is 4.98 Å². The van der Waals surface area contributed by atoms with Gasteiger partial charge in [0.2, 0.25) is 0 Å². The summed E-state index contributed by atoms with van der Waals surface area (Å²) in [7, 11) is 0. The fourth-order valence-electron chi connectivity index (χ4n) is 2.24. The Bertz CT molecular complexity index is 304. The van der Waals surface area contributed by atoms with Gasteiger partial charge in [-0.15, -0.1) is 0 Å². The van der Waals surface area contributed by atoms with Gasteiger partial charge < -0.3 is 0 Å². The quantitative estimate of drug-likeness (QED) is 0.609. The number of nitrogens with zero attached hydrogens (tertiary/aromatic N) is 1. The molecule has 0 radical (unpaired) electrons. The van der Waals surface area contributed by atoms with Crippen LogP contribution in [0.15, 0.2) is 12.3 Å². The first-order chi connectivity index (χ1) is 6.86. The van der Waals surface area contributed by atoms with E-state index in [1.165, 1.54) is 61.8 Å². The Balaban J connectivity index is 2.22. The first-order valence-electron chi connectivity index (χ1n) is 5.80. The van der Waals surface area contributed by atoms with Crippen molar-refractivity contribution in [3.63, 3.8) is 0 Å². The van der Waals surface area contributed by atoms with E-state index in [1.54, 1.807) is 0 Å². The maximum Gasteiger partial charge on any atom is 0.0435 e. The third-order valence-corrected chi connectivity index (χ3v) is 3.06. The molecule has 0 unspecified atom stereocenters. The topological polar surface area (TPSA) is 12.9 Å². The molecule has 1 aliphatic carbocycles. The molecule has 1 aliphatic rings. The van der Waals surface area contributed by atoms with E-state index in [1.807, 2.05) is 6.20 Å². The van der Waals surface area contributed by atoms with Gasteiger partial charge in [-0.2, -0.15) is 0 Å². The van der Waals surface area contributed by atoms with Gasteiger partial charge in [-0.1, -0.05) is 25.3 Å². The highest BCUT2D eigenvalue weighted by molar-refractivity contribution is 5.25. The summed E-state index contributed by atoms with van der Waals surface area (Å²) in [5, 5.41) is 0. The highest BCUT2D eigenvalue weighted by Crippen LogP contribution is 2.18. The van der Waals surface area contributed by atoms with Crippen molar-refractivity contribution in [2.75, 3.05) is 0 Å². The monoisotopic (exact) mass is 189 g/mol. The highest BCUT2D eigenvalue weighted by atomic mass is 14.7. The van der Waals surface area contributed by atoms with Crippen molar-refractivity contribution in [3.8, 4) is 0 Å². The maximum atomic E-state index is 4.56. The fraction of sp³-hybridized carbons (Fsp3) is 0.615. The smallest absolute Gasteiger partial charge is 0.0435 e. The van der Waals surface area contributed by atoms with E-state index in [-0.39, 0.29) is 0 Å². The van der Waals surface area contributed by atoms with Crippen LogP contribution in [0.1, 0.15) is 48.9 Å². The minimum atomic E-state index is 1.19. The first-order valence-corrected chi connectivity index (χ1v) is 5.80. The summed E-state index contributed by atoms with van der Waals surface area (Å²) in [6.45, 7) is 2.14. The van der Waals surface area contributed by atoms with Crippen LogP contribution in [0.2, 0.25) is 0 Å². The lowest BCUT2D eigenvalue weighted by molar-refractivity contribution is 0.628. The number of fused-ring (bicyclic) bond motifs is 1. The molecule has 0 amide bonds. The van der Waals surface area contributed by atoms with Gasteiger partial charge in [0.25, 0.3) is 0 Å². The van der Waals surface area contributed by atoms with E-state index < -0.39 is 0 Å². The third kappa shape index (κ3) is 2.34. The van der Waals surface area contributed by atoms with E-state index in [0.717, 1.165) is 0 Å². The molecular weight excluding hydrogens is 170 g/mol. The van der Waals surface area contributed by atoms with E-state index in [0.29, 0.717) is 0 Å². The van der Waals surface area contributed by atoms with Crippen LogP contribution in [0.5, 0.6) is 0 Å². The predicted molar refractivity (Wildman–Crippen MR) is 59.5 cm³/mol. The van der Waals surface area contributed by atoms with Gasteiger partial charge in [0.15, 0.2) is 0 Å². The summed E-state index contributed by atoms with van der Waals surface area (Å²) >= 11 is 0. The number of hydrogen-bond acceptors (Lipinski definition) is 1. The van der Waals surface area contributed by atoms with Crippen LogP contribution in [0.3, 0.4) is 0 Å². The molecule has 0 fully saturated rings. The molecule has 0 atom stereocenters. The highest BCUT2D eigenvalue weighted by Gasteiger charge is 2.06. The molecule has 2 rings (SSSR count). The molecule has 0 N–H and O–H groups in total. The van der Waals surface area contributed by atoms with Gasteiger partial charge in [0.05, 0.1) is 0 Å². The molecule has 1 nitrogen and oxygen atoms in total. The number of pyridine rings is 1. The Morgan fingerprint density at radius 3 is 2.57 bits per heavy atom. The van der Waals surface area contributed by atoms with Gasteiger partial charge in [0.1, 0.15) is 0 Å². The summed E-state index contributed by atoms with van der Waals surface area (Å²) in [5.74, 6) is 0. The van der Waals surface area contributed by atoms with Crippen LogP contribution in [-0.2, 0) is 12.8 Å². The molecule has 0 saturated carbocycles. The Morgan fingerprint density at radius 1 is 1.00 bits per heavy atom. The normalized spacial score (nSPS) is 17.8. The lowest BCUT2D eigenvalue weighted by atomic mass is 10.0. The van der Waals surface area contributed by atoms with Crippen LogP contribution in [0, 0.1) is 6.92 Å². The van der Waals surface area contributed by atoms with E-state index in [4.69, 9.17) is 0 Å². The summed E-state index contributed by atoms with van der Waals surface area (Å²) in [6.07, 6.45) is 11.3. The molecule has 0 saturated heterocycles. The largest absolute Gasteiger partial charge is 0.261 e. The summed E-state index contributed by atoms with van der Waals surface area (Å²) in [6, 6.07) is 2.33. The molecular formula is C13H19N. The minimum Gasteiger partial charge on any atom is -0.261 e. The lowest BCUT2D eigenvalue weighted by Gasteiger charge is -2.07. The molecule has 1 heterocycles. The molecule has 1 aromatic rings. The Labute approximate surface area is 86.6 Å². The molecule has 14 heavy (non-hydrogen) atoms.